The second-order valence-electron chi connectivity index (χ2n) is 20.0. The molecule has 0 fully saturated rings. The van der Waals surface area contributed by atoms with Gasteiger partial charge in [-0.25, -0.2) is 0 Å². The van der Waals surface area contributed by atoms with Gasteiger partial charge in [-0.2, -0.15) is 0 Å². The molecule has 14 rings (SSSR count). The van der Waals surface area contributed by atoms with E-state index in [4.69, 9.17) is 4.42 Å². The molecule has 0 bridgehead atoms. The first-order valence-electron chi connectivity index (χ1n) is 25.8. The average Bonchev–Trinajstić information content (AvgIpc) is 3.86. The van der Waals surface area contributed by atoms with E-state index < -0.39 is 0 Å². The van der Waals surface area contributed by atoms with Gasteiger partial charge in [-0.3, -0.25) is 0 Å². The van der Waals surface area contributed by atoms with Crippen molar-refractivity contribution < 1.29 is 4.42 Å². The summed E-state index contributed by atoms with van der Waals surface area (Å²) in [5, 5.41) is 7.18. The molecule has 13 aromatic rings. The minimum atomic E-state index is -0.0450. The number of nitrogens with zero attached hydrogens (tertiary/aromatic N) is 1. The maximum Gasteiger partial charge on any atom is 0.212 e. The van der Waals surface area contributed by atoms with Crippen molar-refractivity contribution in [2.75, 3.05) is 4.90 Å². The Labute approximate surface area is 432 Å². The van der Waals surface area contributed by atoms with Crippen molar-refractivity contribution in [2.45, 2.75) is 20.7 Å². The lowest BCUT2D eigenvalue weighted by Crippen LogP contribution is -2.49. The van der Waals surface area contributed by atoms with Gasteiger partial charge >= 0.3 is 0 Å². The Bertz CT molecular complexity index is 4270. The Balaban J connectivity index is 1.17. The Morgan fingerprint density at radius 2 is 0.851 bits per heavy atom. The number of benzene rings is 12. The average molecular weight is 944 g/mol. The summed E-state index contributed by atoms with van der Waals surface area (Å²) in [6.07, 6.45) is 0. The highest BCUT2D eigenvalue weighted by Gasteiger charge is 2.37. The quantitative estimate of drug-likeness (QED) is 0.117. The van der Waals surface area contributed by atoms with Crippen molar-refractivity contribution in [3.05, 3.63) is 260 Å². The predicted octanol–water partition coefficient (Wildman–Crippen LogP) is 18.5. The maximum atomic E-state index is 7.08. The molecule has 0 amide bonds. The van der Waals surface area contributed by atoms with Gasteiger partial charge in [-0.05, 0) is 149 Å². The number of rotatable bonds is 7. The van der Waals surface area contributed by atoms with Crippen LogP contribution in [0.25, 0.3) is 110 Å². The van der Waals surface area contributed by atoms with Crippen LogP contribution in [0.1, 0.15) is 11.1 Å². The van der Waals surface area contributed by atoms with Crippen LogP contribution in [0.2, 0.25) is 6.82 Å². The lowest BCUT2D eigenvalue weighted by atomic mass is 9.39. The van der Waals surface area contributed by atoms with Crippen molar-refractivity contribution in [3.8, 4) is 66.8 Å². The zero-order chi connectivity index (χ0) is 49.4. The second kappa shape index (κ2) is 17.5. The topological polar surface area (TPSA) is 16.4 Å². The van der Waals surface area contributed by atoms with E-state index in [0.717, 1.165) is 50.1 Å². The standard InChI is InChI=1S/C71H50BNO/c1-45-23-16-17-32-54(45)55-36-22-37-56(46(55)2)70-69-59-35-20-21-38-65(59)74-66(69)44-64-71(70)72(3)62-42-60-61(68(50-30-14-7-15-31-50)58-34-19-18-33-57(58)67(60)49-28-12-6-13-29-49)43-63(62)73(64)53-40-51(47-24-8-4-9-25-47)39-52(41-53)48-26-10-5-11-27-48/h4-44H,1-3H3. The zero-order valence-corrected chi connectivity index (χ0v) is 41.6. The fourth-order valence-corrected chi connectivity index (χ4v) is 12.4. The Hall–Kier alpha value is -9.18. The third-order valence-corrected chi connectivity index (χ3v) is 15.8. The summed E-state index contributed by atoms with van der Waals surface area (Å²) in [7, 11) is 0. The number of hydrogen-bond donors (Lipinski definition) is 0. The normalized spacial score (nSPS) is 12.2. The number of anilines is 3. The van der Waals surface area contributed by atoms with Gasteiger partial charge < -0.3 is 9.32 Å². The molecule has 0 aliphatic carbocycles. The third-order valence-electron chi connectivity index (χ3n) is 15.8. The number of fused-ring (bicyclic) bond motifs is 7. The van der Waals surface area contributed by atoms with Gasteiger partial charge in [-0.15, -0.1) is 0 Å². The summed E-state index contributed by atoms with van der Waals surface area (Å²) in [4.78, 5) is 2.58. The fourth-order valence-electron chi connectivity index (χ4n) is 12.4. The molecule has 0 radical (unpaired) electrons. The molecule has 348 valence electrons. The SMILES string of the molecule is CB1c2cc3c(-c4ccccc4)c4ccccc4c(-c4ccccc4)c3cc2N(c2cc(-c3ccccc3)cc(-c3ccccc3)c2)c2cc3oc4ccccc4c3c(-c3cccc(-c4ccccc4C)c3C)c21. The largest absolute Gasteiger partial charge is 0.456 e. The Kier molecular flexibility index (Phi) is 10.3. The van der Waals surface area contributed by atoms with Crippen LogP contribution < -0.4 is 15.8 Å². The van der Waals surface area contributed by atoms with Crippen molar-refractivity contribution >= 4 is 78.2 Å². The van der Waals surface area contributed by atoms with Gasteiger partial charge in [0, 0.05) is 33.9 Å². The Morgan fingerprint density at radius 1 is 0.351 bits per heavy atom. The predicted molar refractivity (Wildman–Crippen MR) is 316 cm³/mol. The van der Waals surface area contributed by atoms with Crippen molar-refractivity contribution in [3.63, 3.8) is 0 Å². The van der Waals surface area contributed by atoms with E-state index in [1.165, 1.54) is 99.2 Å². The summed E-state index contributed by atoms with van der Waals surface area (Å²) in [5.74, 6) is 0. The first kappa shape index (κ1) is 43.6. The van der Waals surface area contributed by atoms with E-state index >= 15 is 0 Å². The molecule has 0 N–H and O–H groups in total. The molecule has 12 aromatic carbocycles. The summed E-state index contributed by atoms with van der Waals surface area (Å²) < 4.78 is 7.08. The summed E-state index contributed by atoms with van der Waals surface area (Å²) in [5.41, 5.74) is 24.6. The molecule has 0 saturated carbocycles. The number of para-hydroxylation sites is 1. The third kappa shape index (κ3) is 6.95. The van der Waals surface area contributed by atoms with Crippen LogP contribution in [0, 0.1) is 13.8 Å². The molecule has 1 aliphatic rings. The van der Waals surface area contributed by atoms with Crippen LogP contribution in [0.5, 0.6) is 0 Å². The fraction of sp³-hybridized carbons (Fsp3) is 0.0423. The van der Waals surface area contributed by atoms with E-state index in [2.05, 4.69) is 274 Å². The van der Waals surface area contributed by atoms with Gasteiger partial charge in [0.1, 0.15) is 11.2 Å². The Morgan fingerprint density at radius 3 is 1.46 bits per heavy atom. The first-order valence-corrected chi connectivity index (χ1v) is 25.8. The van der Waals surface area contributed by atoms with Crippen molar-refractivity contribution in [1.29, 1.82) is 0 Å². The molecule has 1 aliphatic heterocycles. The summed E-state index contributed by atoms with van der Waals surface area (Å²) in [6, 6.07) is 91.5. The smallest absolute Gasteiger partial charge is 0.212 e. The molecule has 3 heteroatoms. The number of furan rings is 1. The summed E-state index contributed by atoms with van der Waals surface area (Å²) in [6.45, 7) is 6.93. The number of aryl methyl sites for hydroxylation is 1. The van der Waals surface area contributed by atoms with Crippen LogP contribution >= 0.6 is 0 Å². The molecular formula is C71H50BNO. The van der Waals surface area contributed by atoms with Crippen LogP contribution in [0.15, 0.2) is 253 Å². The lowest BCUT2D eigenvalue weighted by Gasteiger charge is -2.38. The molecule has 0 spiro atoms. The van der Waals surface area contributed by atoms with Crippen molar-refractivity contribution in [1.82, 2.24) is 0 Å². The molecule has 2 heterocycles. The lowest BCUT2D eigenvalue weighted by molar-refractivity contribution is 0.669. The molecule has 2 nitrogen and oxygen atoms in total. The first-order chi connectivity index (χ1) is 36.5. The van der Waals surface area contributed by atoms with Crippen LogP contribution in [-0.4, -0.2) is 6.71 Å². The van der Waals surface area contributed by atoms with E-state index in [0.29, 0.717) is 0 Å². The van der Waals surface area contributed by atoms with Gasteiger partial charge in [-0.1, -0.05) is 225 Å². The highest BCUT2D eigenvalue weighted by molar-refractivity contribution is 6.89. The van der Waals surface area contributed by atoms with Gasteiger partial charge in [0.05, 0.1) is 0 Å². The molecule has 0 unspecified atom stereocenters. The molecular weight excluding hydrogens is 894 g/mol. The van der Waals surface area contributed by atoms with E-state index in [1.807, 2.05) is 0 Å². The molecule has 1 aromatic heterocycles. The van der Waals surface area contributed by atoms with Gasteiger partial charge in [0.2, 0.25) is 6.71 Å². The van der Waals surface area contributed by atoms with Crippen molar-refractivity contribution in [2.24, 2.45) is 0 Å². The number of hydrogen-bond acceptors (Lipinski definition) is 2. The summed E-state index contributed by atoms with van der Waals surface area (Å²) >= 11 is 0. The highest BCUT2D eigenvalue weighted by atomic mass is 16.3. The monoisotopic (exact) mass is 943 g/mol. The maximum absolute atomic E-state index is 7.08. The van der Waals surface area contributed by atoms with E-state index in [-0.39, 0.29) is 6.71 Å². The van der Waals surface area contributed by atoms with E-state index in [1.54, 1.807) is 0 Å². The molecule has 0 saturated heterocycles. The van der Waals surface area contributed by atoms with Gasteiger partial charge in [0.15, 0.2) is 0 Å². The minimum absolute atomic E-state index is 0.0450. The van der Waals surface area contributed by atoms with Gasteiger partial charge in [0.25, 0.3) is 0 Å². The minimum Gasteiger partial charge on any atom is -0.456 e. The molecule has 0 atom stereocenters. The van der Waals surface area contributed by atoms with Crippen LogP contribution in [-0.2, 0) is 0 Å². The van der Waals surface area contributed by atoms with Crippen LogP contribution in [0.3, 0.4) is 0 Å². The highest BCUT2D eigenvalue weighted by Crippen LogP contribution is 2.50. The second-order valence-corrected chi connectivity index (χ2v) is 20.0. The molecule has 74 heavy (non-hydrogen) atoms. The zero-order valence-electron chi connectivity index (χ0n) is 41.6. The van der Waals surface area contributed by atoms with Crippen LogP contribution in [0.4, 0.5) is 17.1 Å². The van der Waals surface area contributed by atoms with E-state index in [9.17, 15) is 0 Å².